The zero-order valence-corrected chi connectivity index (χ0v) is 11.4. The largest absolute Gasteiger partial charge is 0.354 e. The van der Waals surface area contributed by atoms with Crippen LogP contribution in [0.3, 0.4) is 0 Å². The summed E-state index contributed by atoms with van der Waals surface area (Å²) in [6.07, 6.45) is 5.10. The summed E-state index contributed by atoms with van der Waals surface area (Å²) in [5.41, 5.74) is 0.387. The smallest absolute Gasteiger partial charge is 0.171 e. The first-order valence-electron chi connectivity index (χ1n) is 6.33. The molecule has 2 atom stereocenters. The molecule has 1 rings (SSSR count). The SMILES string of the molecule is COC(OC)C(C)NC1CCCCC1(C)C. The summed E-state index contributed by atoms with van der Waals surface area (Å²) in [7, 11) is 3.39. The molecule has 96 valence electrons. The fraction of sp³-hybridized carbons (Fsp3) is 1.00. The molecule has 0 amide bonds. The van der Waals surface area contributed by atoms with Crippen molar-refractivity contribution in [2.45, 2.75) is 64.8 Å². The Labute approximate surface area is 99.9 Å². The van der Waals surface area contributed by atoms with E-state index in [1.165, 1.54) is 25.7 Å². The normalized spacial score (nSPS) is 27.0. The third-order valence-electron chi connectivity index (χ3n) is 3.84. The molecule has 1 N–H and O–H groups in total. The molecule has 0 radical (unpaired) electrons. The average Bonchev–Trinajstić information content (AvgIpc) is 2.23. The Balaban J connectivity index is 2.51. The van der Waals surface area contributed by atoms with E-state index in [4.69, 9.17) is 9.47 Å². The summed E-state index contributed by atoms with van der Waals surface area (Å²) in [6.45, 7) is 6.83. The van der Waals surface area contributed by atoms with Gasteiger partial charge in [-0.2, -0.15) is 0 Å². The zero-order valence-electron chi connectivity index (χ0n) is 11.4. The minimum absolute atomic E-state index is 0.155. The molecule has 0 bridgehead atoms. The number of ether oxygens (including phenoxy) is 2. The van der Waals surface area contributed by atoms with Crippen molar-refractivity contribution >= 4 is 0 Å². The summed E-state index contributed by atoms with van der Waals surface area (Å²) < 4.78 is 10.6. The molecule has 3 heteroatoms. The maximum Gasteiger partial charge on any atom is 0.171 e. The van der Waals surface area contributed by atoms with E-state index in [9.17, 15) is 0 Å². The number of methoxy groups -OCH3 is 2. The number of nitrogens with one attached hydrogen (secondary N) is 1. The first-order chi connectivity index (χ1) is 7.51. The highest BCUT2D eigenvalue weighted by atomic mass is 16.7. The predicted molar refractivity (Wildman–Crippen MR) is 66.4 cm³/mol. The first kappa shape index (κ1) is 13.9. The lowest BCUT2D eigenvalue weighted by Crippen LogP contribution is -2.52. The van der Waals surface area contributed by atoms with E-state index in [0.717, 1.165) is 0 Å². The summed E-state index contributed by atoms with van der Waals surface area (Å²) in [4.78, 5) is 0. The van der Waals surface area contributed by atoms with Crippen molar-refractivity contribution in [3.05, 3.63) is 0 Å². The number of hydrogen-bond donors (Lipinski definition) is 1. The van der Waals surface area contributed by atoms with Crippen LogP contribution in [0.25, 0.3) is 0 Å². The number of hydrogen-bond acceptors (Lipinski definition) is 3. The van der Waals surface area contributed by atoms with Crippen LogP contribution < -0.4 is 5.32 Å². The molecule has 0 aromatic carbocycles. The fourth-order valence-electron chi connectivity index (χ4n) is 2.70. The highest BCUT2D eigenvalue weighted by Gasteiger charge is 2.33. The quantitative estimate of drug-likeness (QED) is 0.735. The van der Waals surface area contributed by atoms with Gasteiger partial charge in [0, 0.05) is 20.3 Å². The van der Waals surface area contributed by atoms with Gasteiger partial charge in [0.05, 0.1) is 6.04 Å². The third-order valence-corrected chi connectivity index (χ3v) is 3.84. The monoisotopic (exact) mass is 229 g/mol. The second-order valence-electron chi connectivity index (χ2n) is 5.58. The van der Waals surface area contributed by atoms with Crippen molar-refractivity contribution in [1.29, 1.82) is 0 Å². The zero-order chi connectivity index (χ0) is 12.2. The van der Waals surface area contributed by atoms with Gasteiger partial charge in [-0.3, -0.25) is 0 Å². The van der Waals surface area contributed by atoms with E-state index in [0.29, 0.717) is 11.5 Å². The Morgan fingerprint density at radius 3 is 2.31 bits per heavy atom. The van der Waals surface area contributed by atoms with Crippen LogP contribution in [0.2, 0.25) is 0 Å². The lowest BCUT2D eigenvalue weighted by molar-refractivity contribution is -0.123. The van der Waals surface area contributed by atoms with Crippen molar-refractivity contribution in [2.24, 2.45) is 5.41 Å². The Hall–Kier alpha value is -0.120. The van der Waals surface area contributed by atoms with Crippen molar-refractivity contribution in [2.75, 3.05) is 14.2 Å². The molecule has 0 aliphatic heterocycles. The standard InChI is InChI=1S/C13H27NO2/c1-10(12(15-4)16-5)14-11-8-6-7-9-13(11,2)3/h10-12,14H,6-9H2,1-5H3. The van der Waals surface area contributed by atoms with Gasteiger partial charge < -0.3 is 14.8 Å². The van der Waals surface area contributed by atoms with Gasteiger partial charge >= 0.3 is 0 Å². The van der Waals surface area contributed by atoms with Crippen molar-refractivity contribution in [3.8, 4) is 0 Å². The molecule has 2 unspecified atom stereocenters. The van der Waals surface area contributed by atoms with Crippen LogP contribution >= 0.6 is 0 Å². The fourth-order valence-corrected chi connectivity index (χ4v) is 2.70. The highest BCUT2D eigenvalue weighted by Crippen LogP contribution is 2.35. The average molecular weight is 229 g/mol. The van der Waals surface area contributed by atoms with E-state index in [-0.39, 0.29) is 12.3 Å². The van der Waals surface area contributed by atoms with Gasteiger partial charge in [-0.1, -0.05) is 26.7 Å². The topological polar surface area (TPSA) is 30.5 Å². The molecule has 1 saturated carbocycles. The van der Waals surface area contributed by atoms with Gasteiger partial charge in [0.2, 0.25) is 0 Å². The summed E-state index contributed by atoms with van der Waals surface area (Å²) in [5.74, 6) is 0. The van der Waals surface area contributed by atoms with Crippen LogP contribution in [0.5, 0.6) is 0 Å². The molecule has 0 spiro atoms. The van der Waals surface area contributed by atoms with Crippen LogP contribution in [-0.2, 0) is 9.47 Å². The Bertz CT molecular complexity index is 202. The van der Waals surface area contributed by atoms with E-state index >= 15 is 0 Å². The van der Waals surface area contributed by atoms with Crippen LogP contribution in [-0.4, -0.2) is 32.6 Å². The van der Waals surface area contributed by atoms with E-state index in [2.05, 4.69) is 26.1 Å². The molecule has 0 aromatic heterocycles. The molecule has 1 aliphatic rings. The van der Waals surface area contributed by atoms with Crippen LogP contribution in [0.4, 0.5) is 0 Å². The maximum atomic E-state index is 5.29. The molecule has 0 heterocycles. The predicted octanol–water partition coefficient (Wildman–Crippen LogP) is 2.55. The summed E-state index contributed by atoms with van der Waals surface area (Å²) >= 11 is 0. The van der Waals surface area contributed by atoms with Gasteiger partial charge in [-0.25, -0.2) is 0 Å². The van der Waals surface area contributed by atoms with Gasteiger partial charge in [0.15, 0.2) is 6.29 Å². The van der Waals surface area contributed by atoms with E-state index in [1.54, 1.807) is 14.2 Å². The van der Waals surface area contributed by atoms with Crippen molar-refractivity contribution in [1.82, 2.24) is 5.32 Å². The minimum atomic E-state index is -0.155. The van der Waals surface area contributed by atoms with E-state index in [1.807, 2.05) is 0 Å². The second-order valence-corrected chi connectivity index (χ2v) is 5.58. The Morgan fingerprint density at radius 2 is 1.81 bits per heavy atom. The molecule has 16 heavy (non-hydrogen) atoms. The van der Waals surface area contributed by atoms with E-state index < -0.39 is 0 Å². The van der Waals surface area contributed by atoms with Crippen molar-refractivity contribution < 1.29 is 9.47 Å². The highest BCUT2D eigenvalue weighted by molar-refractivity contribution is 4.89. The molecular weight excluding hydrogens is 202 g/mol. The minimum Gasteiger partial charge on any atom is -0.354 e. The third kappa shape index (κ3) is 3.44. The maximum absolute atomic E-state index is 5.29. The second kappa shape index (κ2) is 5.99. The van der Waals surface area contributed by atoms with Gasteiger partial charge in [-0.05, 0) is 25.2 Å². The van der Waals surface area contributed by atoms with Crippen molar-refractivity contribution in [3.63, 3.8) is 0 Å². The lowest BCUT2D eigenvalue weighted by atomic mass is 9.73. The molecule has 0 saturated heterocycles. The first-order valence-corrected chi connectivity index (χ1v) is 6.33. The number of rotatable bonds is 5. The molecule has 3 nitrogen and oxygen atoms in total. The Morgan fingerprint density at radius 1 is 1.19 bits per heavy atom. The van der Waals surface area contributed by atoms with Gasteiger partial charge in [0.25, 0.3) is 0 Å². The van der Waals surface area contributed by atoms with Crippen LogP contribution in [0.15, 0.2) is 0 Å². The van der Waals surface area contributed by atoms with Crippen LogP contribution in [0.1, 0.15) is 46.5 Å². The van der Waals surface area contributed by atoms with Gasteiger partial charge in [0.1, 0.15) is 0 Å². The van der Waals surface area contributed by atoms with Crippen LogP contribution in [0, 0.1) is 5.41 Å². The molecule has 1 fully saturated rings. The summed E-state index contributed by atoms with van der Waals surface area (Å²) in [5, 5.41) is 3.66. The lowest BCUT2D eigenvalue weighted by Gasteiger charge is -2.41. The molecular formula is C13H27NO2. The van der Waals surface area contributed by atoms with Gasteiger partial charge in [-0.15, -0.1) is 0 Å². The Kier molecular flexibility index (Phi) is 5.22. The molecule has 0 aromatic rings. The molecule has 1 aliphatic carbocycles. The summed E-state index contributed by atoms with van der Waals surface area (Å²) in [6, 6.07) is 0.807.